The molecule has 0 saturated carbocycles. The number of benzene rings is 1. The average molecular weight is 231 g/mol. The summed E-state index contributed by atoms with van der Waals surface area (Å²) in [6, 6.07) is 5.29. The summed E-state index contributed by atoms with van der Waals surface area (Å²) in [5.74, 6) is 5.41. The molecule has 14 heavy (non-hydrogen) atoms. The number of nitrogens with two attached hydrogens (primary N) is 1. The monoisotopic (exact) mass is 230 g/mol. The molecular weight excluding hydrogens is 219 g/mol. The van der Waals surface area contributed by atoms with Crippen LogP contribution in [0, 0.1) is 0 Å². The zero-order valence-electron chi connectivity index (χ0n) is 7.63. The minimum absolute atomic E-state index is 0.0892. The predicted octanol–water partition coefficient (Wildman–Crippen LogP) is 3.07. The summed E-state index contributed by atoms with van der Waals surface area (Å²) < 4.78 is 0. The van der Waals surface area contributed by atoms with Gasteiger partial charge in [0.05, 0.1) is 6.04 Å². The smallest absolute Gasteiger partial charge is 0.0523 e. The molecule has 0 spiro atoms. The van der Waals surface area contributed by atoms with E-state index >= 15 is 0 Å². The fourth-order valence-electron chi connectivity index (χ4n) is 1.28. The van der Waals surface area contributed by atoms with Gasteiger partial charge in [-0.25, -0.2) is 0 Å². The van der Waals surface area contributed by atoms with Gasteiger partial charge in [0, 0.05) is 15.6 Å². The maximum atomic E-state index is 6.02. The number of hydrazine groups is 1. The second kappa shape index (κ2) is 5.37. The molecule has 1 rings (SSSR count). The third-order valence-corrected chi connectivity index (χ3v) is 2.61. The standard InChI is InChI=1S/C10H12Cl2N2/c1-2-4-9(14-13)10-7(11)5-3-6-8(10)12/h2-3,5-6,9,14H,1,4,13H2. The molecule has 4 heteroatoms. The van der Waals surface area contributed by atoms with Crippen LogP contribution in [-0.4, -0.2) is 0 Å². The van der Waals surface area contributed by atoms with Crippen LogP contribution in [0.25, 0.3) is 0 Å². The van der Waals surface area contributed by atoms with Gasteiger partial charge in [0.25, 0.3) is 0 Å². The summed E-state index contributed by atoms with van der Waals surface area (Å²) in [6.07, 6.45) is 2.45. The lowest BCUT2D eigenvalue weighted by Crippen LogP contribution is -2.28. The Morgan fingerprint density at radius 3 is 2.43 bits per heavy atom. The van der Waals surface area contributed by atoms with Crippen LogP contribution < -0.4 is 11.3 Å². The zero-order valence-corrected chi connectivity index (χ0v) is 9.15. The lowest BCUT2D eigenvalue weighted by atomic mass is 10.0. The maximum Gasteiger partial charge on any atom is 0.0523 e. The molecule has 0 aliphatic rings. The Morgan fingerprint density at radius 1 is 1.43 bits per heavy atom. The lowest BCUT2D eigenvalue weighted by Gasteiger charge is -2.17. The van der Waals surface area contributed by atoms with Crippen LogP contribution in [0.5, 0.6) is 0 Å². The molecule has 0 aliphatic carbocycles. The third-order valence-electron chi connectivity index (χ3n) is 1.95. The molecule has 1 aromatic carbocycles. The molecule has 0 radical (unpaired) electrons. The van der Waals surface area contributed by atoms with Gasteiger partial charge in [0.15, 0.2) is 0 Å². The molecular formula is C10H12Cl2N2. The van der Waals surface area contributed by atoms with Gasteiger partial charge in [-0.2, -0.15) is 0 Å². The Bertz CT molecular complexity index is 306. The van der Waals surface area contributed by atoms with Gasteiger partial charge >= 0.3 is 0 Å². The van der Waals surface area contributed by atoms with Gasteiger partial charge in [-0.05, 0) is 18.6 Å². The van der Waals surface area contributed by atoms with Crippen molar-refractivity contribution in [2.75, 3.05) is 0 Å². The van der Waals surface area contributed by atoms with E-state index in [0.717, 1.165) is 5.56 Å². The molecule has 0 heterocycles. The summed E-state index contributed by atoms with van der Waals surface area (Å²) in [7, 11) is 0. The molecule has 2 nitrogen and oxygen atoms in total. The molecule has 3 N–H and O–H groups in total. The highest BCUT2D eigenvalue weighted by Crippen LogP contribution is 2.31. The first-order chi connectivity index (χ1) is 6.70. The molecule has 0 aromatic heterocycles. The van der Waals surface area contributed by atoms with Crippen LogP contribution in [0.4, 0.5) is 0 Å². The SMILES string of the molecule is C=CCC(NN)c1c(Cl)cccc1Cl. The van der Waals surface area contributed by atoms with E-state index in [1.54, 1.807) is 24.3 Å². The first kappa shape index (κ1) is 11.5. The summed E-state index contributed by atoms with van der Waals surface area (Å²) in [5.41, 5.74) is 3.48. The number of nitrogens with one attached hydrogen (secondary N) is 1. The van der Waals surface area contributed by atoms with Crippen LogP contribution in [-0.2, 0) is 0 Å². The van der Waals surface area contributed by atoms with Crippen molar-refractivity contribution >= 4 is 23.2 Å². The first-order valence-corrected chi connectivity index (χ1v) is 4.97. The number of halogens is 2. The van der Waals surface area contributed by atoms with Crippen molar-refractivity contribution < 1.29 is 0 Å². The van der Waals surface area contributed by atoms with Crippen molar-refractivity contribution in [3.63, 3.8) is 0 Å². The normalized spacial score (nSPS) is 12.5. The molecule has 1 atom stereocenters. The minimum atomic E-state index is -0.0892. The van der Waals surface area contributed by atoms with Gasteiger partial charge in [-0.1, -0.05) is 35.3 Å². The predicted molar refractivity (Wildman–Crippen MR) is 61.3 cm³/mol. The molecule has 0 fully saturated rings. The van der Waals surface area contributed by atoms with E-state index in [1.165, 1.54) is 0 Å². The van der Waals surface area contributed by atoms with Crippen molar-refractivity contribution in [2.24, 2.45) is 5.84 Å². The van der Waals surface area contributed by atoms with Crippen LogP contribution in [0.1, 0.15) is 18.0 Å². The van der Waals surface area contributed by atoms with E-state index in [9.17, 15) is 0 Å². The summed E-state index contributed by atoms with van der Waals surface area (Å²) in [4.78, 5) is 0. The van der Waals surface area contributed by atoms with Crippen molar-refractivity contribution in [1.82, 2.24) is 5.43 Å². The summed E-state index contributed by atoms with van der Waals surface area (Å²) >= 11 is 12.0. The molecule has 0 saturated heterocycles. The largest absolute Gasteiger partial charge is 0.271 e. The average Bonchev–Trinajstić information content (AvgIpc) is 2.16. The van der Waals surface area contributed by atoms with Crippen molar-refractivity contribution in [1.29, 1.82) is 0 Å². The Kier molecular flexibility index (Phi) is 4.42. The molecule has 0 amide bonds. The number of hydrogen-bond donors (Lipinski definition) is 2. The van der Waals surface area contributed by atoms with Gasteiger partial charge in [0.2, 0.25) is 0 Å². The summed E-state index contributed by atoms with van der Waals surface area (Å²) in [6.45, 7) is 3.65. The van der Waals surface area contributed by atoms with E-state index in [1.807, 2.05) is 0 Å². The van der Waals surface area contributed by atoms with E-state index in [2.05, 4.69) is 12.0 Å². The van der Waals surface area contributed by atoms with Crippen molar-refractivity contribution in [3.05, 3.63) is 46.5 Å². The minimum Gasteiger partial charge on any atom is -0.271 e. The highest BCUT2D eigenvalue weighted by atomic mass is 35.5. The highest BCUT2D eigenvalue weighted by molar-refractivity contribution is 6.36. The van der Waals surface area contributed by atoms with E-state index in [4.69, 9.17) is 29.0 Å². The lowest BCUT2D eigenvalue weighted by molar-refractivity contribution is 0.562. The summed E-state index contributed by atoms with van der Waals surface area (Å²) in [5, 5.41) is 1.23. The van der Waals surface area contributed by atoms with Crippen molar-refractivity contribution in [2.45, 2.75) is 12.5 Å². The van der Waals surface area contributed by atoms with E-state index in [0.29, 0.717) is 16.5 Å². The van der Waals surface area contributed by atoms with Gasteiger partial charge < -0.3 is 0 Å². The first-order valence-electron chi connectivity index (χ1n) is 4.21. The van der Waals surface area contributed by atoms with Crippen LogP contribution in [0.3, 0.4) is 0 Å². The Morgan fingerprint density at radius 2 is 2.00 bits per heavy atom. The van der Waals surface area contributed by atoms with Crippen LogP contribution in [0.15, 0.2) is 30.9 Å². The van der Waals surface area contributed by atoms with Crippen LogP contribution >= 0.6 is 23.2 Å². The fraction of sp³-hybridized carbons (Fsp3) is 0.200. The zero-order chi connectivity index (χ0) is 10.6. The topological polar surface area (TPSA) is 38.0 Å². The Hall–Kier alpha value is -0.540. The molecule has 1 unspecified atom stereocenters. The quantitative estimate of drug-likeness (QED) is 0.474. The Labute approximate surface area is 93.7 Å². The number of hydrogen-bond acceptors (Lipinski definition) is 2. The van der Waals surface area contributed by atoms with Crippen molar-refractivity contribution in [3.8, 4) is 0 Å². The van der Waals surface area contributed by atoms with Gasteiger partial charge in [-0.15, -0.1) is 6.58 Å². The molecule has 0 aliphatic heterocycles. The molecule has 0 bridgehead atoms. The maximum absolute atomic E-state index is 6.02. The third kappa shape index (κ3) is 2.49. The van der Waals surface area contributed by atoms with Gasteiger partial charge in [0.1, 0.15) is 0 Å². The fourth-order valence-corrected chi connectivity index (χ4v) is 1.94. The highest BCUT2D eigenvalue weighted by Gasteiger charge is 2.14. The second-order valence-corrected chi connectivity index (χ2v) is 3.69. The molecule has 1 aromatic rings. The van der Waals surface area contributed by atoms with E-state index < -0.39 is 0 Å². The molecule has 76 valence electrons. The second-order valence-electron chi connectivity index (χ2n) is 2.88. The van der Waals surface area contributed by atoms with E-state index in [-0.39, 0.29) is 6.04 Å². The van der Waals surface area contributed by atoms with Gasteiger partial charge in [-0.3, -0.25) is 11.3 Å². The Balaban J connectivity index is 3.07. The van der Waals surface area contributed by atoms with Crippen LogP contribution in [0.2, 0.25) is 10.0 Å². The number of rotatable bonds is 4.